The predicted octanol–water partition coefficient (Wildman–Crippen LogP) is 1.61. The van der Waals surface area contributed by atoms with Gasteiger partial charge in [0.25, 0.3) is 0 Å². The summed E-state index contributed by atoms with van der Waals surface area (Å²) in [4.78, 5) is 0. The summed E-state index contributed by atoms with van der Waals surface area (Å²) >= 11 is 0. The maximum Gasteiger partial charge on any atom is 0.0599 e. The third-order valence-electron chi connectivity index (χ3n) is 4.29. The summed E-state index contributed by atoms with van der Waals surface area (Å²) in [6, 6.07) is 0. The minimum atomic E-state index is -0.448. The van der Waals surface area contributed by atoms with E-state index >= 15 is 0 Å². The van der Waals surface area contributed by atoms with Crippen molar-refractivity contribution < 1.29 is 20.4 Å². The first-order chi connectivity index (χ1) is 9.56. The van der Waals surface area contributed by atoms with Crippen molar-refractivity contribution in [2.24, 2.45) is 11.8 Å². The van der Waals surface area contributed by atoms with E-state index in [1.807, 2.05) is 0 Å². The van der Waals surface area contributed by atoms with Gasteiger partial charge in [0.1, 0.15) is 0 Å². The van der Waals surface area contributed by atoms with Gasteiger partial charge in [0, 0.05) is 6.61 Å². The Bertz CT molecular complexity index is 278. The van der Waals surface area contributed by atoms with Gasteiger partial charge in [-0.15, -0.1) is 0 Å². The fourth-order valence-corrected chi connectivity index (χ4v) is 3.08. The summed E-state index contributed by atoms with van der Waals surface area (Å²) < 4.78 is 0. The van der Waals surface area contributed by atoms with Gasteiger partial charge >= 0.3 is 0 Å². The molecule has 0 spiro atoms. The zero-order valence-electron chi connectivity index (χ0n) is 12.5. The van der Waals surface area contributed by atoms with Crippen LogP contribution in [0.3, 0.4) is 0 Å². The molecular formula is C16H30O4. The van der Waals surface area contributed by atoms with E-state index in [0.29, 0.717) is 12.8 Å². The summed E-state index contributed by atoms with van der Waals surface area (Å²) in [5.74, 6) is 0.180. The van der Waals surface area contributed by atoms with E-state index in [-0.39, 0.29) is 24.5 Å². The van der Waals surface area contributed by atoms with E-state index in [4.69, 9.17) is 5.11 Å². The minimum absolute atomic E-state index is 0.0849. The molecule has 1 aliphatic rings. The predicted molar refractivity (Wildman–Crippen MR) is 79.2 cm³/mol. The Hall–Kier alpha value is -0.420. The molecule has 4 heteroatoms. The average molecular weight is 286 g/mol. The van der Waals surface area contributed by atoms with Crippen LogP contribution in [0.5, 0.6) is 0 Å². The van der Waals surface area contributed by atoms with Gasteiger partial charge in [0.15, 0.2) is 0 Å². The maximum absolute atomic E-state index is 10.0. The number of hydrogen-bond donors (Lipinski definition) is 4. The van der Waals surface area contributed by atoms with E-state index in [2.05, 4.69) is 12.2 Å². The highest BCUT2D eigenvalue weighted by molar-refractivity contribution is 4.96. The van der Waals surface area contributed by atoms with Gasteiger partial charge in [0.2, 0.25) is 0 Å². The minimum Gasteiger partial charge on any atom is -0.396 e. The Labute approximate surface area is 122 Å². The summed E-state index contributed by atoms with van der Waals surface area (Å²) in [7, 11) is 0. The average Bonchev–Trinajstić information content (AvgIpc) is 2.65. The number of aliphatic hydroxyl groups is 4. The lowest BCUT2D eigenvalue weighted by atomic mass is 9.86. The highest BCUT2D eigenvalue weighted by Gasteiger charge is 2.40. The standard InChI is InChI=1S/C16H30O4/c1-12(18)8-9-14-13(15(19)11-16(14)20)7-5-3-2-4-6-10-17/h3,5,12-20H,2,4,6-11H2,1H3/b5-3+. The lowest BCUT2D eigenvalue weighted by Gasteiger charge is -2.23. The van der Waals surface area contributed by atoms with Gasteiger partial charge in [-0.1, -0.05) is 12.2 Å². The molecule has 0 aromatic carbocycles. The van der Waals surface area contributed by atoms with Gasteiger partial charge in [0.05, 0.1) is 18.3 Å². The molecule has 118 valence electrons. The second kappa shape index (κ2) is 9.50. The van der Waals surface area contributed by atoms with Crippen molar-refractivity contribution in [2.75, 3.05) is 6.61 Å². The number of hydrogen-bond acceptors (Lipinski definition) is 4. The van der Waals surface area contributed by atoms with Crippen molar-refractivity contribution >= 4 is 0 Å². The van der Waals surface area contributed by atoms with Crippen molar-refractivity contribution in [3.63, 3.8) is 0 Å². The molecule has 5 unspecified atom stereocenters. The lowest BCUT2D eigenvalue weighted by Crippen LogP contribution is -2.23. The van der Waals surface area contributed by atoms with Crippen molar-refractivity contribution in [3.05, 3.63) is 12.2 Å². The van der Waals surface area contributed by atoms with Crippen LogP contribution in [0.4, 0.5) is 0 Å². The van der Waals surface area contributed by atoms with Crippen LogP contribution in [-0.2, 0) is 0 Å². The van der Waals surface area contributed by atoms with E-state index in [9.17, 15) is 15.3 Å². The highest BCUT2D eigenvalue weighted by atomic mass is 16.3. The van der Waals surface area contributed by atoms with Crippen LogP contribution < -0.4 is 0 Å². The smallest absolute Gasteiger partial charge is 0.0599 e. The van der Waals surface area contributed by atoms with Crippen molar-refractivity contribution in [1.82, 2.24) is 0 Å². The summed E-state index contributed by atoms with van der Waals surface area (Å²) in [6.07, 6.45) is 8.36. The molecule has 4 nitrogen and oxygen atoms in total. The highest BCUT2D eigenvalue weighted by Crippen LogP contribution is 2.38. The molecule has 1 fully saturated rings. The summed E-state index contributed by atoms with van der Waals surface area (Å²) in [6.45, 7) is 2.00. The second-order valence-corrected chi connectivity index (χ2v) is 6.05. The van der Waals surface area contributed by atoms with Crippen LogP contribution in [0, 0.1) is 11.8 Å². The third kappa shape index (κ3) is 5.92. The Morgan fingerprint density at radius 1 is 1.10 bits per heavy atom. The molecule has 1 aliphatic carbocycles. The Kier molecular flexibility index (Phi) is 8.38. The van der Waals surface area contributed by atoms with Crippen molar-refractivity contribution in [2.45, 2.75) is 70.2 Å². The third-order valence-corrected chi connectivity index (χ3v) is 4.29. The molecular weight excluding hydrogens is 256 g/mol. The lowest BCUT2D eigenvalue weighted by molar-refractivity contribution is 0.0921. The largest absolute Gasteiger partial charge is 0.396 e. The molecule has 0 aromatic heterocycles. The second-order valence-electron chi connectivity index (χ2n) is 6.05. The number of aliphatic hydroxyl groups excluding tert-OH is 4. The SMILES string of the molecule is CC(O)CCC1C(O)CC(O)C1C/C=C/CCCCO. The Morgan fingerprint density at radius 2 is 1.80 bits per heavy atom. The van der Waals surface area contributed by atoms with Gasteiger partial charge in [-0.2, -0.15) is 0 Å². The first-order valence-electron chi connectivity index (χ1n) is 7.86. The molecule has 0 aromatic rings. The van der Waals surface area contributed by atoms with Gasteiger partial charge < -0.3 is 20.4 Å². The molecule has 0 aliphatic heterocycles. The normalized spacial score (nSPS) is 32.0. The number of unbranched alkanes of at least 4 members (excludes halogenated alkanes) is 2. The molecule has 0 heterocycles. The first kappa shape index (κ1) is 17.6. The number of rotatable bonds is 9. The fraction of sp³-hybridized carbons (Fsp3) is 0.875. The van der Waals surface area contributed by atoms with Crippen LogP contribution in [-0.4, -0.2) is 45.3 Å². The monoisotopic (exact) mass is 286 g/mol. The molecule has 0 radical (unpaired) electrons. The van der Waals surface area contributed by atoms with Crippen LogP contribution in [0.15, 0.2) is 12.2 Å². The summed E-state index contributed by atoms with van der Waals surface area (Å²) in [5.41, 5.74) is 0. The number of allylic oxidation sites excluding steroid dienone is 2. The molecule has 0 bridgehead atoms. The zero-order chi connectivity index (χ0) is 15.0. The maximum atomic E-state index is 10.0. The molecule has 0 saturated heterocycles. The molecule has 1 rings (SSSR count). The molecule has 5 atom stereocenters. The van der Waals surface area contributed by atoms with Crippen LogP contribution in [0.25, 0.3) is 0 Å². The van der Waals surface area contributed by atoms with Crippen LogP contribution >= 0.6 is 0 Å². The van der Waals surface area contributed by atoms with Gasteiger partial charge in [-0.05, 0) is 63.7 Å². The molecule has 4 N–H and O–H groups in total. The summed E-state index contributed by atoms with van der Waals surface area (Å²) in [5, 5.41) is 38.1. The zero-order valence-corrected chi connectivity index (χ0v) is 12.5. The van der Waals surface area contributed by atoms with Crippen LogP contribution in [0.2, 0.25) is 0 Å². The first-order valence-corrected chi connectivity index (χ1v) is 7.86. The van der Waals surface area contributed by atoms with E-state index in [0.717, 1.165) is 32.1 Å². The van der Waals surface area contributed by atoms with Gasteiger partial charge in [-0.3, -0.25) is 0 Å². The fourth-order valence-electron chi connectivity index (χ4n) is 3.08. The Balaban J connectivity index is 2.39. The quantitative estimate of drug-likeness (QED) is 0.383. The molecule has 0 amide bonds. The van der Waals surface area contributed by atoms with Crippen molar-refractivity contribution in [3.8, 4) is 0 Å². The van der Waals surface area contributed by atoms with E-state index in [1.54, 1.807) is 6.92 Å². The Morgan fingerprint density at radius 3 is 2.45 bits per heavy atom. The van der Waals surface area contributed by atoms with Crippen LogP contribution in [0.1, 0.15) is 51.9 Å². The van der Waals surface area contributed by atoms with E-state index in [1.165, 1.54) is 0 Å². The molecule has 20 heavy (non-hydrogen) atoms. The topological polar surface area (TPSA) is 80.9 Å². The van der Waals surface area contributed by atoms with Gasteiger partial charge in [-0.25, -0.2) is 0 Å². The van der Waals surface area contributed by atoms with Crippen molar-refractivity contribution in [1.29, 1.82) is 0 Å². The van der Waals surface area contributed by atoms with E-state index < -0.39 is 12.2 Å². The molecule has 1 saturated carbocycles.